The topological polar surface area (TPSA) is 69.7 Å². The van der Waals surface area contributed by atoms with Gasteiger partial charge in [0.1, 0.15) is 0 Å². The van der Waals surface area contributed by atoms with Gasteiger partial charge in [-0.1, -0.05) is 6.07 Å². The Morgan fingerprint density at radius 2 is 1.58 bits per heavy atom. The Kier molecular flexibility index (Phi) is 5.26. The van der Waals surface area contributed by atoms with Gasteiger partial charge >= 0.3 is 0 Å². The number of rotatable bonds is 5. The smallest absolute Gasteiger partial charge is 0.255 e. The highest BCUT2D eigenvalue weighted by Crippen LogP contribution is 2.18. The van der Waals surface area contributed by atoms with E-state index in [1.165, 1.54) is 26.2 Å². The Morgan fingerprint density at radius 3 is 2.12 bits per heavy atom. The Morgan fingerprint density at radius 1 is 0.958 bits per heavy atom. The number of anilines is 2. The lowest BCUT2D eigenvalue weighted by atomic mass is 10.1. The third-order valence-corrected chi connectivity index (χ3v) is 5.34. The van der Waals surface area contributed by atoms with E-state index in [-0.39, 0.29) is 10.8 Å². The van der Waals surface area contributed by atoms with Gasteiger partial charge in [-0.2, -0.15) is 0 Å². The molecule has 0 aliphatic carbocycles. The monoisotopic (exact) mass is 347 g/mol. The van der Waals surface area contributed by atoms with E-state index in [4.69, 9.17) is 0 Å². The van der Waals surface area contributed by atoms with E-state index >= 15 is 0 Å². The summed E-state index contributed by atoms with van der Waals surface area (Å²) in [6.07, 6.45) is 0. The second-order valence-electron chi connectivity index (χ2n) is 5.71. The molecule has 1 N–H and O–H groups in total. The molecule has 0 aromatic heterocycles. The van der Waals surface area contributed by atoms with Crippen molar-refractivity contribution in [2.75, 3.05) is 38.4 Å². The van der Waals surface area contributed by atoms with E-state index in [0.717, 1.165) is 9.99 Å². The summed E-state index contributed by atoms with van der Waals surface area (Å²) in [7, 11) is 3.28. The van der Waals surface area contributed by atoms with Crippen LogP contribution < -0.4 is 10.2 Å². The lowest BCUT2D eigenvalue weighted by Gasteiger charge is -2.14. The number of carbonyl (C=O) groups is 1. The van der Waals surface area contributed by atoms with Crippen molar-refractivity contribution >= 4 is 27.3 Å². The minimum absolute atomic E-state index is 0.181. The number of nitrogens with zero attached hydrogens (tertiary/aromatic N) is 2. The summed E-state index contributed by atoms with van der Waals surface area (Å²) in [5.41, 5.74) is 1.99. The zero-order valence-corrected chi connectivity index (χ0v) is 15.0. The maximum absolute atomic E-state index is 12.3. The van der Waals surface area contributed by atoms with Crippen molar-refractivity contribution in [3.8, 4) is 0 Å². The minimum atomic E-state index is -3.47. The first kappa shape index (κ1) is 18.0. The minimum Gasteiger partial charge on any atom is -0.378 e. The van der Waals surface area contributed by atoms with E-state index in [9.17, 15) is 13.2 Å². The molecule has 6 nitrogen and oxygen atoms in total. The lowest BCUT2D eigenvalue weighted by Crippen LogP contribution is -2.22. The van der Waals surface area contributed by atoms with E-state index in [0.29, 0.717) is 11.3 Å². The molecule has 2 aromatic carbocycles. The van der Waals surface area contributed by atoms with Crippen molar-refractivity contribution in [2.45, 2.75) is 4.90 Å². The Bertz CT molecular complexity index is 828. The van der Waals surface area contributed by atoms with Gasteiger partial charge in [0, 0.05) is 45.1 Å². The first-order chi connectivity index (χ1) is 11.2. The van der Waals surface area contributed by atoms with Crippen molar-refractivity contribution in [2.24, 2.45) is 0 Å². The molecule has 0 fully saturated rings. The molecule has 0 aliphatic rings. The number of hydrogen-bond acceptors (Lipinski definition) is 4. The Hall–Kier alpha value is -2.38. The summed E-state index contributed by atoms with van der Waals surface area (Å²) >= 11 is 0. The van der Waals surface area contributed by atoms with Crippen LogP contribution in [-0.4, -0.2) is 46.8 Å². The van der Waals surface area contributed by atoms with E-state index in [2.05, 4.69) is 5.32 Å². The van der Waals surface area contributed by atoms with E-state index in [1.54, 1.807) is 24.3 Å². The highest BCUT2D eigenvalue weighted by atomic mass is 32.2. The average Bonchev–Trinajstić information content (AvgIpc) is 2.55. The molecule has 0 heterocycles. The van der Waals surface area contributed by atoms with Crippen LogP contribution >= 0.6 is 0 Å². The highest BCUT2D eigenvalue weighted by Gasteiger charge is 2.17. The van der Waals surface area contributed by atoms with E-state index in [1.807, 2.05) is 31.1 Å². The summed E-state index contributed by atoms with van der Waals surface area (Å²) < 4.78 is 25.2. The standard InChI is InChI=1S/C17H21N3O3S/c1-19(2)15-7-5-6-13(12-15)17(21)18-14-8-10-16(11-9-14)24(22,23)20(3)4/h5-12H,1-4H3,(H,18,21). The molecule has 2 rings (SSSR count). The van der Waals surface area contributed by atoms with Crippen molar-refractivity contribution in [3.05, 3.63) is 54.1 Å². The first-order valence-electron chi connectivity index (χ1n) is 7.33. The molecule has 0 saturated carbocycles. The van der Waals surface area contributed by atoms with Gasteiger partial charge in [-0.25, -0.2) is 12.7 Å². The van der Waals surface area contributed by atoms with Crippen LogP contribution in [-0.2, 0) is 10.0 Å². The summed E-state index contributed by atoms with van der Waals surface area (Å²) in [5, 5.41) is 2.77. The van der Waals surface area contributed by atoms with Crippen LogP contribution in [0, 0.1) is 0 Å². The predicted octanol–water partition coefficient (Wildman–Crippen LogP) is 2.26. The SMILES string of the molecule is CN(C)c1cccc(C(=O)Nc2ccc(S(=O)(=O)N(C)C)cc2)c1. The molecular formula is C17H21N3O3S. The van der Waals surface area contributed by atoms with Crippen LogP contribution in [0.25, 0.3) is 0 Å². The Labute approximate surface area is 142 Å². The molecule has 2 aromatic rings. The molecule has 1 amide bonds. The van der Waals surface area contributed by atoms with Gasteiger partial charge in [0.2, 0.25) is 10.0 Å². The summed E-state index contributed by atoms with van der Waals surface area (Å²) in [6, 6.07) is 13.3. The fourth-order valence-corrected chi connectivity index (χ4v) is 2.95. The molecule has 128 valence electrons. The molecular weight excluding hydrogens is 326 g/mol. The van der Waals surface area contributed by atoms with Gasteiger partial charge in [0.25, 0.3) is 5.91 Å². The van der Waals surface area contributed by atoms with Crippen LogP contribution in [0.5, 0.6) is 0 Å². The first-order valence-corrected chi connectivity index (χ1v) is 8.77. The van der Waals surface area contributed by atoms with Gasteiger partial charge in [-0.15, -0.1) is 0 Å². The van der Waals surface area contributed by atoms with Crippen LogP contribution in [0.3, 0.4) is 0 Å². The van der Waals surface area contributed by atoms with Crippen molar-refractivity contribution in [1.29, 1.82) is 0 Å². The summed E-state index contributed by atoms with van der Waals surface area (Å²) in [5.74, 6) is -0.248. The second kappa shape index (κ2) is 7.02. The van der Waals surface area contributed by atoms with Crippen molar-refractivity contribution < 1.29 is 13.2 Å². The predicted molar refractivity (Wildman–Crippen MR) is 96.0 cm³/mol. The number of benzene rings is 2. The molecule has 0 unspecified atom stereocenters. The second-order valence-corrected chi connectivity index (χ2v) is 7.86. The molecule has 24 heavy (non-hydrogen) atoms. The van der Waals surface area contributed by atoms with Gasteiger partial charge < -0.3 is 10.2 Å². The number of amides is 1. The molecule has 0 saturated heterocycles. The summed E-state index contributed by atoms with van der Waals surface area (Å²) in [4.78, 5) is 14.4. The number of nitrogens with one attached hydrogen (secondary N) is 1. The zero-order chi connectivity index (χ0) is 17.9. The molecule has 0 atom stereocenters. The number of carbonyl (C=O) groups excluding carboxylic acids is 1. The van der Waals surface area contributed by atoms with Gasteiger partial charge in [0.15, 0.2) is 0 Å². The van der Waals surface area contributed by atoms with Crippen LogP contribution in [0.4, 0.5) is 11.4 Å². The number of sulfonamides is 1. The fraction of sp³-hybridized carbons (Fsp3) is 0.235. The third kappa shape index (κ3) is 3.93. The van der Waals surface area contributed by atoms with Gasteiger partial charge in [-0.3, -0.25) is 4.79 Å². The largest absolute Gasteiger partial charge is 0.378 e. The van der Waals surface area contributed by atoms with E-state index < -0.39 is 10.0 Å². The summed E-state index contributed by atoms with van der Waals surface area (Å²) in [6.45, 7) is 0. The van der Waals surface area contributed by atoms with Crippen LogP contribution in [0.15, 0.2) is 53.4 Å². The maximum Gasteiger partial charge on any atom is 0.255 e. The molecule has 0 radical (unpaired) electrons. The normalized spacial score (nSPS) is 11.4. The lowest BCUT2D eigenvalue weighted by molar-refractivity contribution is 0.102. The third-order valence-electron chi connectivity index (χ3n) is 3.52. The molecule has 0 spiro atoms. The van der Waals surface area contributed by atoms with Crippen molar-refractivity contribution in [3.63, 3.8) is 0 Å². The highest BCUT2D eigenvalue weighted by molar-refractivity contribution is 7.89. The molecule has 0 bridgehead atoms. The Balaban J connectivity index is 2.17. The zero-order valence-electron chi connectivity index (χ0n) is 14.1. The van der Waals surface area contributed by atoms with Crippen molar-refractivity contribution in [1.82, 2.24) is 4.31 Å². The number of hydrogen-bond donors (Lipinski definition) is 1. The quantitative estimate of drug-likeness (QED) is 0.901. The van der Waals surface area contributed by atoms with Gasteiger partial charge in [-0.05, 0) is 42.5 Å². The molecule has 0 aliphatic heterocycles. The average molecular weight is 347 g/mol. The van der Waals surface area contributed by atoms with Gasteiger partial charge in [0.05, 0.1) is 4.90 Å². The fourth-order valence-electron chi connectivity index (χ4n) is 2.05. The van der Waals surface area contributed by atoms with Crippen LogP contribution in [0.1, 0.15) is 10.4 Å². The maximum atomic E-state index is 12.3. The molecule has 7 heteroatoms. The van der Waals surface area contributed by atoms with Crippen LogP contribution in [0.2, 0.25) is 0 Å².